The molecule has 0 aliphatic carbocycles. The molecule has 0 N–H and O–H groups in total. The Kier molecular flexibility index (Phi) is 5.05. The lowest BCUT2D eigenvalue weighted by Gasteiger charge is -2.47. The SMILES string of the molecule is CCN1CCC[C@H](N2CCN(C(C)C)[C@@H](C)C2)C1. The van der Waals surface area contributed by atoms with Crippen LogP contribution in [0.3, 0.4) is 0 Å². The van der Waals surface area contributed by atoms with E-state index in [1.165, 1.54) is 52.1 Å². The summed E-state index contributed by atoms with van der Waals surface area (Å²) >= 11 is 0. The van der Waals surface area contributed by atoms with Crippen LogP contribution in [0.4, 0.5) is 0 Å². The Bertz CT molecular complexity index is 254. The Labute approximate surface area is 113 Å². The van der Waals surface area contributed by atoms with Crippen molar-refractivity contribution in [2.45, 2.75) is 58.7 Å². The number of likely N-dealkylation sites (N-methyl/N-ethyl adjacent to an activating group) is 1. The molecule has 0 amide bonds. The second-order valence-electron chi connectivity index (χ2n) is 6.36. The maximum atomic E-state index is 2.76. The van der Waals surface area contributed by atoms with E-state index in [4.69, 9.17) is 0 Å². The fourth-order valence-corrected chi connectivity index (χ4v) is 3.72. The van der Waals surface area contributed by atoms with Crippen LogP contribution in [0.25, 0.3) is 0 Å². The third-order valence-corrected chi connectivity index (χ3v) is 4.82. The van der Waals surface area contributed by atoms with E-state index >= 15 is 0 Å². The molecule has 2 aliphatic rings. The first kappa shape index (κ1) is 14.3. The molecule has 0 aromatic rings. The molecule has 0 aromatic carbocycles. The predicted molar refractivity (Wildman–Crippen MR) is 78.0 cm³/mol. The molecule has 3 nitrogen and oxygen atoms in total. The zero-order valence-electron chi connectivity index (χ0n) is 12.7. The quantitative estimate of drug-likeness (QED) is 0.760. The number of piperidine rings is 1. The van der Waals surface area contributed by atoms with Crippen LogP contribution in [0.5, 0.6) is 0 Å². The van der Waals surface area contributed by atoms with Gasteiger partial charge in [0.1, 0.15) is 0 Å². The van der Waals surface area contributed by atoms with Gasteiger partial charge in [-0.2, -0.15) is 0 Å². The summed E-state index contributed by atoms with van der Waals surface area (Å²) in [7, 11) is 0. The minimum atomic E-state index is 0.695. The molecule has 2 atom stereocenters. The number of likely N-dealkylation sites (tertiary alicyclic amines) is 1. The Morgan fingerprint density at radius 2 is 1.89 bits per heavy atom. The van der Waals surface area contributed by atoms with E-state index in [0.29, 0.717) is 6.04 Å². The van der Waals surface area contributed by atoms with Crippen molar-refractivity contribution in [2.24, 2.45) is 0 Å². The first-order valence-electron chi connectivity index (χ1n) is 7.84. The summed E-state index contributed by atoms with van der Waals surface area (Å²) in [6.07, 6.45) is 2.79. The molecule has 2 heterocycles. The summed E-state index contributed by atoms with van der Waals surface area (Å²) in [6.45, 7) is 17.0. The minimum absolute atomic E-state index is 0.695. The number of nitrogens with zero attached hydrogens (tertiary/aromatic N) is 3. The molecular formula is C15H31N3. The zero-order valence-corrected chi connectivity index (χ0v) is 12.7. The largest absolute Gasteiger partial charge is 0.302 e. The van der Waals surface area contributed by atoms with Gasteiger partial charge in [-0.25, -0.2) is 0 Å². The van der Waals surface area contributed by atoms with Crippen molar-refractivity contribution in [1.82, 2.24) is 14.7 Å². The predicted octanol–water partition coefficient (Wildman–Crippen LogP) is 1.89. The van der Waals surface area contributed by atoms with Crippen LogP contribution in [0, 0.1) is 0 Å². The summed E-state index contributed by atoms with van der Waals surface area (Å²) in [5, 5.41) is 0. The summed E-state index contributed by atoms with van der Waals surface area (Å²) < 4.78 is 0. The molecule has 2 fully saturated rings. The van der Waals surface area contributed by atoms with Gasteiger partial charge in [0.25, 0.3) is 0 Å². The topological polar surface area (TPSA) is 9.72 Å². The number of hydrogen-bond acceptors (Lipinski definition) is 3. The zero-order chi connectivity index (χ0) is 13.1. The van der Waals surface area contributed by atoms with E-state index in [1.807, 2.05) is 0 Å². The molecule has 2 aliphatic heterocycles. The molecule has 18 heavy (non-hydrogen) atoms. The molecule has 0 bridgehead atoms. The van der Waals surface area contributed by atoms with Gasteiger partial charge in [0.15, 0.2) is 0 Å². The maximum absolute atomic E-state index is 2.76. The molecule has 0 saturated carbocycles. The van der Waals surface area contributed by atoms with Gasteiger partial charge in [-0.05, 0) is 46.7 Å². The fraction of sp³-hybridized carbons (Fsp3) is 1.00. The summed E-state index contributed by atoms with van der Waals surface area (Å²) in [4.78, 5) is 8.02. The van der Waals surface area contributed by atoms with Crippen LogP contribution >= 0.6 is 0 Å². The van der Waals surface area contributed by atoms with Gasteiger partial charge in [-0.15, -0.1) is 0 Å². The molecular weight excluding hydrogens is 222 g/mol. The Balaban J connectivity index is 1.87. The van der Waals surface area contributed by atoms with Crippen LogP contribution in [0.1, 0.15) is 40.5 Å². The van der Waals surface area contributed by atoms with Crippen molar-refractivity contribution in [3.63, 3.8) is 0 Å². The lowest BCUT2D eigenvalue weighted by Crippen LogP contribution is -2.59. The summed E-state index contributed by atoms with van der Waals surface area (Å²) in [5.74, 6) is 0. The molecule has 3 heteroatoms. The Morgan fingerprint density at radius 3 is 2.50 bits per heavy atom. The monoisotopic (exact) mass is 253 g/mol. The van der Waals surface area contributed by atoms with Crippen molar-refractivity contribution >= 4 is 0 Å². The second-order valence-corrected chi connectivity index (χ2v) is 6.36. The molecule has 0 spiro atoms. The summed E-state index contributed by atoms with van der Waals surface area (Å²) in [6, 6.07) is 2.23. The van der Waals surface area contributed by atoms with E-state index in [1.54, 1.807) is 0 Å². The first-order chi connectivity index (χ1) is 8.61. The highest BCUT2D eigenvalue weighted by Crippen LogP contribution is 2.20. The first-order valence-corrected chi connectivity index (χ1v) is 7.84. The number of hydrogen-bond donors (Lipinski definition) is 0. The lowest BCUT2D eigenvalue weighted by atomic mass is 10.0. The van der Waals surface area contributed by atoms with Crippen LogP contribution < -0.4 is 0 Å². The molecule has 2 saturated heterocycles. The number of piperazine rings is 1. The Hall–Kier alpha value is -0.120. The number of rotatable bonds is 3. The minimum Gasteiger partial charge on any atom is -0.302 e. The van der Waals surface area contributed by atoms with Crippen LogP contribution in [0.15, 0.2) is 0 Å². The van der Waals surface area contributed by atoms with Gasteiger partial charge in [0.05, 0.1) is 0 Å². The average molecular weight is 253 g/mol. The average Bonchev–Trinajstić information content (AvgIpc) is 2.38. The van der Waals surface area contributed by atoms with Gasteiger partial charge < -0.3 is 4.90 Å². The van der Waals surface area contributed by atoms with E-state index in [0.717, 1.165) is 12.1 Å². The molecule has 0 unspecified atom stereocenters. The van der Waals surface area contributed by atoms with E-state index in [-0.39, 0.29) is 0 Å². The highest BCUT2D eigenvalue weighted by Gasteiger charge is 2.31. The normalized spacial score (nSPS) is 33.2. The molecule has 106 valence electrons. The third kappa shape index (κ3) is 3.25. The van der Waals surface area contributed by atoms with Crippen molar-refractivity contribution in [3.8, 4) is 0 Å². The van der Waals surface area contributed by atoms with E-state index in [2.05, 4.69) is 42.4 Å². The van der Waals surface area contributed by atoms with Gasteiger partial charge in [0, 0.05) is 44.3 Å². The smallest absolute Gasteiger partial charge is 0.0224 e. The van der Waals surface area contributed by atoms with E-state index < -0.39 is 0 Å². The maximum Gasteiger partial charge on any atom is 0.0224 e. The van der Waals surface area contributed by atoms with Gasteiger partial charge in [-0.3, -0.25) is 9.80 Å². The highest BCUT2D eigenvalue weighted by molar-refractivity contribution is 4.87. The van der Waals surface area contributed by atoms with Gasteiger partial charge in [0.2, 0.25) is 0 Å². The van der Waals surface area contributed by atoms with Gasteiger partial charge >= 0.3 is 0 Å². The van der Waals surface area contributed by atoms with Crippen molar-refractivity contribution in [1.29, 1.82) is 0 Å². The standard InChI is InChI=1S/C15H31N3/c1-5-16-8-6-7-15(12-16)17-9-10-18(13(2)3)14(4)11-17/h13-15H,5-12H2,1-4H3/t14-,15-/m0/s1. The van der Waals surface area contributed by atoms with E-state index in [9.17, 15) is 0 Å². The van der Waals surface area contributed by atoms with Crippen LogP contribution in [-0.4, -0.2) is 72.1 Å². The van der Waals surface area contributed by atoms with Crippen molar-refractivity contribution < 1.29 is 0 Å². The molecule has 2 rings (SSSR count). The fourth-order valence-electron chi connectivity index (χ4n) is 3.72. The lowest BCUT2D eigenvalue weighted by molar-refractivity contribution is 0.0140. The second kappa shape index (κ2) is 6.36. The molecule has 0 aromatic heterocycles. The van der Waals surface area contributed by atoms with Crippen molar-refractivity contribution in [2.75, 3.05) is 39.3 Å². The Morgan fingerprint density at radius 1 is 1.11 bits per heavy atom. The van der Waals surface area contributed by atoms with Crippen LogP contribution in [0.2, 0.25) is 0 Å². The van der Waals surface area contributed by atoms with Crippen LogP contribution in [-0.2, 0) is 0 Å². The summed E-state index contributed by atoms with van der Waals surface area (Å²) in [5.41, 5.74) is 0. The van der Waals surface area contributed by atoms with Gasteiger partial charge in [-0.1, -0.05) is 6.92 Å². The third-order valence-electron chi connectivity index (χ3n) is 4.82. The van der Waals surface area contributed by atoms with Crippen molar-refractivity contribution in [3.05, 3.63) is 0 Å². The highest BCUT2D eigenvalue weighted by atomic mass is 15.3. The molecule has 0 radical (unpaired) electrons.